The maximum absolute atomic E-state index is 10.9. The zero-order valence-electron chi connectivity index (χ0n) is 8.21. The van der Waals surface area contributed by atoms with Crippen molar-refractivity contribution in [3.05, 3.63) is 30.3 Å². The molecule has 0 aliphatic carbocycles. The zero-order valence-corrected chi connectivity index (χ0v) is 10.6. The maximum Gasteiger partial charge on any atom is 0.362 e. The molecule has 0 aliphatic rings. The van der Waals surface area contributed by atoms with Gasteiger partial charge in [0.2, 0.25) is 0 Å². The van der Waals surface area contributed by atoms with Gasteiger partial charge in [-0.25, -0.2) is 0 Å². The number of nitrogens with zero attached hydrogens (tertiary/aromatic N) is 4. The maximum atomic E-state index is 10.9. The van der Waals surface area contributed by atoms with E-state index in [1.165, 1.54) is 6.92 Å². The summed E-state index contributed by atoms with van der Waals surface area (Å²) >= 11 is 3.82. The van der Waals surface area contributed by atoms with Gasteiger partial charge in [-0.15, -0.1) is 0 Å². The fourth-order valence-corrected chi connectivity index (χ4v) is 2.81. The molecule has 1 aromatic heterocycles. The number of hydrogen-bond acceptors (Lipinski definition) is 7. The Bertz CT molecular complexity index is 601. The van der Waals surface area contributed by atoms with E-state index >= 15 is 0 Å². The number of nitro groups is 2. The number of nitro benzene ring substituents is 2. The van der Waals surface area contributed by atoms with E-state index in [1.807, 2.05) is 0 Å². The van der Waals surface area contributed by atoms with E-state index in [4.69, 9.17) is 0 Å². The summed E-state index contributed by atoms with van der Waals surface area (Å²) < 4.78 is 7.76. The second kappa shape index (κ2) is 3.96. The van der Waals surface area contributed by atoms with E-state index in [2.05, 4.69) is 24.7 Å². The van der Waals surface area contributed by atoms with Crippen molar-refractivity contribution < 1.29 is 9.85 Å². The molecule has 0 aliphatic heterocycles. The summed E-state index contributed by atoms with van der Waals surface area (Å²) in [6.07, 6.45) is 0. The minimum atomic E-state index is -0.798. The lowest BCUT2D eigenvalue weighted by Crippen LogP contribution is -2.01. The lowest BCUT2D eigenvalue weighted by molar-refractivity contribution is -0.423. The summed E-state index contributed by atoms with van der Waals surface area (Å²) in [6, 6.07) is 0. The van der Waals surface area contributed by atoms with E-state index < -0.39 is 21.2 Å². The lowest BCUT2D eigenvalue weighted by Gasteiger charge is -2.01. The minimum absolute atomic E-state index is 0.0106. The Morgan fingerprint density at radius 2 is 1.65 bits per heavy atom. The lowest BCUT2D eigenvalue weighted by atomic mass is 10.1. The van der Waals surface area contributed by atoms with E-state index in [1.54, 1.807) is 0 Å². The van der Waals surface area contributed by atoms with Crippen molar-refractivity contribution in [1.29, 1.82) is 0 Å². The summed E-state index contributed by atoms with van der Waals surface area (Å²) in [5.74, 6) is 0. The summed E-state index contributed by atoms with van der Waals surface area (Å²) in [7, 11) is 0. The number of aryl methyl sites for hydroxylation is 1. The van der Waals surface area contributed by atoms with Crippen LogP contribution in [0.5, 0.6) is 0 Å². The minimum Gasteiger partial charge on any atom is -0.258 e. The van der Waals surface area contributed by atoms with Gasteiger partial charge in [-0.05, 0) is 22.9 Å². The Balaban J connectivity index is 3.03. The highest BCUT2D eigenvalue weighted by Crippen LogP contribution is 2.42. The van der Waals surface area contributed by atoms with Crippen molar-refractivity contribution in [3.63, 3.8) is 0 Å². The van der Waals surface area contributed by atoms with Gasteiger partial charge in [-0.2, -0.15) is 8.75 Å². The molecule has 0 saturated carbocycles. The van der Waals surface area contributed by atoms with Crippen LogP contribution in [0.2, 0.25) is 0 Å². The summed E-state index contributed by atoms with van der Waals surface area (Å²) in [6.45, 7) is 1.42. The normalized spacial score (nSPS) is 10.7. The largest absolute Gasteiger partial charge is 0.362 e. The second-order valence-corrected chi connectivity index (χ2v) is 4.43. The first-order chi connectivity index (χ1) is 7.95. The highest BCUT2D eigenvalue weighted by molar-refractivity contribution is 9.10. The molecule has 2 rings (SSSR count). The first kappa shape index (κ1) is 11.8. The molecule has 10 heteroatoms. The van der Waals surface area contributed by atoms with Crippen LogP contribution in [0.1, 0.15) is 5.56 Å². The van der Waals surface area contributed by atoms with Crippen molar-refractivity contribution in [2.75, 3.05) is 0 Å². The highest BCUT2D eigenvalue weighted by atomic mass is 79.9. The molecule has 8 nitrogen and oxygen atoms in total. The van der Waals surface area contributed by atoms with E-state index in [0.29, 0.717) is 5.52 Å². The Morgan fingerprint density at radius 1 is 1.12 bits per heavy atom. The Hall–Kier alpha value is -1.68. The van der Waals surface area contributed by atoms with Crippen molar-refractivity contribution in [1.82, 2.24) is 8.75 Å². The Labute approximate surface area is 106 Å². The van der Waals surface area contributed by atoms with Gasteiger partial charge in [-0.1, -0.05) is 0 Å². The third-order valence-corrected chi connectivity index (χ3v) is 3.48. The molecule has 0 amide bonds. The van der Waals surface area contributed by atoms with Crippen LogP contribution in [0.25, 0.3) is 11.0 Å². The van der Waals surface area contributed by atoms with Crippen molar-refractivity contribution in [2.45, 2.75) is 6.92 Å². The monoisotopic (exact) mass is 318 g/mol. The molecule has 0 bridgehead atoms. The third-order valence-electron chi connectivity index (χ3n) is 2.20. The number of rotatable bonds is 2. The number of fused-ring (bicyclic) bond motifs is 1. The van der Waals surface area contributed by atoms with E-state index in [0.717, 1.165) is 11.7 Å². The fraction of sp³-hybridized carbons (Fsp3) is 0.143. The van der Waals surface area contributed by atoms with Crippen LogP contribution in [0.4, 0.5) is 11.4 Å². The number of halogens is 1. The molecule has 1 aromatic carbocycles. The highest BCUT2D eigenvalue weighted by Gasteiger charge is 2.34. The van der Waals surface area contributed by atoms with Gasteiger partial charge in [0, 0.05) is 0 Å². The molecular formula is C7H3BrN4O4S. The van der Waals surface area contributed by atoms with Gasteiger partial charge in [-0.3, -0.25) is 20.2 Å². The van der Waals surface area contributed by atoms with Gasteiger partial charge >= 0.3 is 11.4 Å². The molecule has 0 spiro atoms. The van der Waals surface area contributed by atoms with Gasteiger partial charge in [0.1, 0.15) is 15.5 Å². The molecule has 2 aromatic rings. The average Bonchev–Trinajstić information content (AvgIpc) is 2.70. The Morgan fingerprint density at radius 3 is 2.18 bits per heavy atom. The van der Waals surface area contributed by atoms with Gasteiger partial charge < -0.3 is 0 Å². The van der Waals surface area contributed by atoms with Crippen LogP contribution in [-0.2, 0) is 0 Å². The second-order valence-electron chi connectivity index (χ2n) is 3.11. The molecule has 0 unspecified atom stereocenters. The van der Waals surface area contributed by atoms with Crippen molar-refractivity contribution >= 4 is 50.1 Å². The SMILES string of the molecule is Cc1c([N+](=O)[O-])c([N+](=O)[O-])c(Br)c2nsnc12. The van der Waals surface area contributed by atoms with E-state index in [-0.39, 0.29) is 15.6 Å². The molecule has 88 valence electrons. The van der Waals surface area contributed by atoms with E-state index in [9.17, 15) is 20.2 Å². The average molecular weight is 319 g/mol. The Kier molecular flexibility index (Phi) is 2.75. The van der Waals surface area contributed by atoms with Crippen LogP contribution < -0.4 is 0 Å². The number of hydrogen-bond donors (Lipinski definition) is 0. The van der Waals surface area contributed by atoms with Crippen LogP contribution in [0.3, 0.4) is 0 Å². The zero-order chi connectivity index (χ0) is 12.7. The van der Waals surface area contributed by atoms with Gasteiger partial charge in [0.15, 0.2) is 0 Å². The van der Waals surface area contributed by atoms with Gasteiger partial charge in [0.25, 0.3) is 0 Å². The topological polar surface area (TPSA) is 112 Å². The van der Waals surface area contributed by atoms with Crippen LogP contribution in [0.15, 0.2) is 4.47 Å². The molecule has 1 heterocycles. The number of aromatic nitrogens is 2. The van der Waals surface area contributed by atoms with Crippen molar-refractivity contribution in [3.8, 4) is 0 Å². The summed E-state index contributed by atoms with van der Waals surface area (Å²) in [5, 5.41) is 21.8. The molecule has 0 N–H and O–H groups in total. The summed E-state index contributed by atoms with van der Waals surface area (Å²) in [5.41, 5.74) is -0.424. The smallest absolute Gasteiger partial charge is 0.258 e. The molecule has 0 atom stereocenters. The number of benzene rings is 1. The van der Waals surface area contributed by atoms with Crippen molar-refractivity contribution in [2.24, 2.45) is 0 Å². The fourth-order valence-electron chi connectivity index (χ4n) is 1.47. The predicted octanol–water partition coefficient (Wildman–Crippen LogP) is 2.58. The predicted molar refractivity (Wildman–Crippen MR) is 63.2 cm³/mol. The molecule has 0 saturated heterocycles. The molecule has 17 heavy (non-hydrogen) atoms. The van der Waals surface area contributed by atoms with Crippen LogP contribution in [0, 0.1) is 27.2 Å². The van der Waals surface area contributed by atoms with Crippen LogP contribution in [-0.4, -0.2) is 18.6 Å². The summed E-state index contributed by atoms with van der Waals surface area (Å²) in [4.78, 5) is 20.2. The molecular weight excluding hydrogens is 316 g/mol. The first-order valence-electron chi connectivity index (χ1n) is 4.18. The van der Waals surface area contributed by atoms with Crippen LogP contribution >= 0.6 is 27.7 Å². The van der Waals surface area contributed by atoms with Gasteiger partial charge in [0.05, 0.1) is 27.1 Å². The standard InChI is InChI=1S/C7H3BrN4O4S/c1-2-4-5(10-17-9-4)3(8)7(12(15)16)6(2)11(13)14/h1H3. The quantitative estimate of drug-likeness (QED) is 0.621. The molecule has 0 radical (unpaired) electrons. The first-order valence-corrected chi connectivity index (χ1v) is 5.70. The third kappa shape index (κ3) is 1.65. The molecule has 0 fully saturated rings.